The standard InChI is InChI=1S/C7H13NO/c1-2-6-4-9-5-8-7(6)3-1/h6-8H,1-5H2. The molecule has 9 heavy (non-hydrogen) atoms. The normalized spacial score (nSPS) is 42.7. The summed E-state index contributed by atoms with van der Waals surface area (Å²) >= 11 is 0. The molecule has 2 rings (SSSR count). The third kappa shape index (κ3) is 0.970. The van der Waals surface area contributed by atoms with E-state index in [1.54, 1.807) is 0 Å². The first-order valence-corrected chi connectivity index (χ1v) is 3.78. The quantitative estimate of drug-likeness (QED) is 0.518. The van der Waals surface area contributed by atoms with Crippen LogP contribution in [0.25, 0.3) is 0 Å². The van der Waals surface area contributed by atoms with Gasteiger partial charge in [0.25, 0.3) is 0 Å². The predicted octanol–water partition coefficient (Wildman–Crippen LogP) is 0.732. The van der Waals surface area contributed by atoms with E-state index in [0.717, 1.165) is 25.3 Å². The lowest BCUT2D eigenvalue weighted by Crippen LogP contribution is -2.41. The van der Waals surface area contributed by atoms with Gasteiger partial charge in [0.15, 0.2) is 0 Å². The average molecular weight is 127 g/mol. The minimum atomic E-state index is 0.779. The lowest BCUT2D eigenvalue weighted by molar-refractivity contribution is 0.0285. The van der Waals surface area contributed by atoms with Crippen molar-refractivity contribution >= 4 is 0 Å². The van der Waals surface area contributed by atoms with Gasteiger partial charge in [0.2, 0.25) is 0 Å². The topological polar surface area (TPSA) is 21.3 Å². The molecule has 0 bridgehead atoms. The van der Waals surface area contributed by atoms with Crippen LogP contribution >= 0.6 is 0 Å². The van der Waals surface area contributed by atoms with Crippen molar-refractivity contribution in [2.45, 2.75) is 25.3 Å². The van der Waals surface area contributed by atoms with Crippen LogP contribution in [0.1, 0.15) is 19.3 Å². The van der Waals surface area contributed by atoms with E-state index in [1.165, 1.54) is 19.3 Å². The molecule has 0 spiro atoms. The minimum Gasteiger partial charge on any atom is -0.366 e. The first kappa shape index (κ1) is 5.69. The van der Waals surface area contributed by atoms with Crippen molar-refractivity contribution in [1.29, 1.82) is 0 Å². The van der Waals surface area contributed by atoms with Crippen molar-refractivity contribution in [3.8, 4) is 0 Å². The van der Waals surface area contributed by atoms with Crippen LogP contribution in [0.15, 0.2) is 0 Å². The molecule has 2 fully saturated rings. The van der Waals surface area contributed by atoms with Crippen LogP contribution in [0.3, 0.4) is 0 Å². The Balaban J connectivity index is 1.97. The Bertz CT molecular complexity index is 93.1. The molecule has 1 saturated heterocycles. The molecule has 52 valence electrons. The highest BCUT2D eigenvalue weighted by Crippen LogP contribution is 2.27. The van der Waals surface area contributed by atoms with Gasteiger partial charge in [-0.1, -0.05) is 6.42 Å². The van der Waals surface area contributed by atoms with E-state index in [9.17, 15) is 0 Å². The van der Waals surface area contributed by atoms with Crippen LogP contribution in [0.4, 0.5) is 0 Å². The summed E-state index contributed by atoms with van der Waals surface area (Å²) in [5.74, 6) is 0.832. The van der Waals surface area contributed by atoms with Crippen molar-refractivity contribution < 1.29 is 4.74 Å². The van der Waals surface area contributed by atoms with Crippen LogP contribution in [-0.4, -0.2) is 19.4 Å². The van der Waals surface area contributed by atoms with Crippen LogP contribution in [0, 0.1) is 5.92 Å². The van der Waals surface area contributed by atoms with Gasteiger partial charge in [-0.05, 0) is 18.8 Å². The van der Waals surface area contributed by atoms with E-state index in [4.69, 9.17) is 4.74 Å². The zero-order valence-corrected chi connectivity index (χ0v) is 5.60. The monoisotopic (exact) mass is 127 g/mol. The molecule has 0 radical (unpaired) electrons. The second kappa shape index (κ2) is 2.27. The Labute approximate surface area is 55.6 Å². The molecular weight excluding hydrogens is 114 g/mol. The zero-order valence-electron chi connectivity index (χ0n) is 5.60. The highest BCUT2D eigenvalue weighted by Gasteiger charge is 2.29. The van der Waals surface area contributed by atoms with E-state index in [1.807, 2.05) is 0 Å². The molecule has 2 aliphatic rings. The first-order valence-electron chi connectivity index (χ1n) is 3.78. The van der Waals surface area contributed by atoms with E-state index in [0.29, 0.717) is 0 Å². The van der Waals surface area contributed by atoms with Gasteiger partial charge >= 0.3 is 0 Å². The molecule has 1 N–H and O–H groups in total. The van der Waals surface area contributed by atoms with Gasteiger partial charge in [-0.3, -0.25) is 5.32 Å². The lowest BCUT2D eigenvalue weighted by atomic mass is 10.0. The van der Waals surface area contributed by atoms with Gasteiger partial charge in [-0.25, -0.2) is 0 Å². The molecule has 0 aromatic rings. The maximum Gasteiger partial charge on any atom is 0.0967 e. The summed E-state index contributed by atoms with van der Waals surface area (Å²) in [7, 11) is 0. The molecule has 0 aromatic carbocycles. The molecule has 2 atom stereocenters. The Morgan fingerprint density at radius 3 is 3.22 bits per heavy atom. The zero-order chi connectivity index (χ0) is 6.10. The third-order valence-electron chi connectivity index (χ3n) is 2.44. The Morgan fingerprint density at radius 2 is 2.33 bits per heavy atom. The molecule has 1 heterocycles. The molecule has 0 amide bonds. The van der Waals surface area contributed by atoms with Crippen LogP contribution in [0.2, 0.25) is 0 Å². The summed E-state index contributed by atoms with van der Waals surface area (Å²) in [5.41, 5.74) is 0. The Morgan fingerprint density at radius 1 is 1.33 bits per heavy atom. The van der Waals surface area contributed by atoms with Gasteiger partial charge in [0.05, 0.1) is 13.3 Å². The summed E-state index contributed by atoms with van der Waals surface area (Å²) in [5, 5.41) is 3.36. The molecule has 2 nitrogen and oxygen atoms in total. The molecule has 1 aliphatic carbocycles. The van der Waals surface area contributed by atoms with Crippen molar-refractivity contribution in [3.63, 3.8) is 0 Å². The number of hydrogen-bond donors (Lipinski definition) is 1. The fourth-order valence-corrected chi connectivity index (χ4v) is 1.88. The second-order valence-corrected chi connectivity index (χ2v) is 3.02. The van der Waals surface area contributed by atoms with Gasteiger partial charge in [-0.15, -0.1) is 0 Å². The molecule has 0 aromatic heterocycles. The second-order valence-electron chi connectivity index (χ2n) is 3.02. The number of rotatable bonds is 0. The first-order chi connectivity index (χ1) is 4.47. The van der Waals surface area contributed by atoms with Crippen LogP contribution < -0.4 is 5.32 Å². The van der Waals surface area contributed by atoms with E-state index >= 15 is 0 Å². The summed E-state index contributed by atoms with van der Waals surface area (Å²) in [6.07, 6.45) is 4.14. The van der Waals surface area contributed by atoms with Gasteiger partial charge in [0.1, 0.15) is 0 Å². The lowest BCUT2D eigenvalue weighted by Gasteiger charge is -2.26. The highest BCUT2D eigenvalue weighted by molar-refractivity contribution is 4.84. The van der Waals surface area contributed by atoms with Crippen LogP contribution in [-0.2, 0) is 4.74 Å². The summed E-state index contributed by atoms with van der Waals surface area (Å²) < 4.78 is 5.27. The highest BCUT2D eigenvalue weighted by atomic mass is 16.5. The van der Waals surface area contributed by atoms with Crippen molar-refractivity contribution in [2.75, 3.05) is 13.3 Å². The number of fused-ring (bicyclic) bond motifs is 1. The fraction of sp³-hybridized carbons (Fsp3) is 1.00. The predicted molar refractivity (Wildman–Crippen MR) is 35.1 cm³/mol. The Kier molecular flexibility index (Phi) is 1.44. The summed E-state index contributed by atoms with van der Waals surface area (Å²) in [6, 6.07) is 0.791. The number of nitrogens with one attached hydrogen (secondary N) is 1. The summed E-state index contributed by atoms with van der Waals surface area (Å²) in [4.78, 5) is 0. The van der Waals surface area contributed by atoms with Crippen molar-refractivity contribution in [3.05, 3.63) is 0 Å². The Hall–Kier alpha value is -0.0800. The molecule has 2 heteroatoms. The molecule has 1 aliphatic heterocycles. The minimum absolute atomic E-state index is 0.779. The third-order valence-corrected chi connectivity index (χ3v) is 2.44. The van der Waals surface area contributed by atoms with E-state index in [2.05, 4.69) is 5.32 Å². The summed E-state index contributed by atoms with van der Waals surface area (Å²) in [6.45, 7) is 1.78. The van der Waals surface area contributed by atoms with Crippen molar-refractivity contribution in [2.24, 2.45) is 5.92 Å². The molecule has 1 saturated carbocycles. The SMILES string of the molecule is C1CC2COCNC2C1. The largest absolute Gasteiger partial charge is 0.366 e. The van der Waals surface area contributed by atoms with E-state index in [-0.39, 0.29) is 0 Å². The fourth-order valence-electron chi connectivity index (χ4n) is 1.88. The van der Waals surface area contributed by atoms with Crippen LogP contribution in [0.5, 0.6) is 0 Å². The maximum absolute atomic E-state index is 5.27. The number of ether oxygens (including phenoxy) is 1. The maximum atomic E-state index is 5.27. The molecule has 2 unspecified atom stereocenters. The number of hydrogen-bond acceptors (Lipinski definition) is 2. The van der Waals surface area contributed by atoms with Gasteiger partial charge in [-0.2, -0.15) is 0 Å². The van der Waals surface area contributed by atoms with Crippen molar-refractivity contribution in [1.82, 2.24) is 5.32 Å². The van der Waals surface area contributed by atoms with E-state index < -0.39 is 0 Å². The van der Waals surface area contributed by atoms with Gasteiger partial charge in [0, 0.05) is 6.04 Å². The average Bonchev–Trinajstić information content (AvgIpc) is 2.33. The van der Waals surface area contributed by atoms with Gasteiger partial charge < -0.3 is 4.74 Å². The molecular formula is C7H13NO. The smallest absolute Gasteiger partial charge is 0.0967 e.